The first kappa shape index (κ1) is 12.2. The topological polar surface area (TPSA) is 35.2 Å². The van der Waals surface area contributed by atoms with Crippen molar-refractivity contribution >= 4 is 17.3 Å². The van der Waals surface area contributed by atoms with Crippen molar-refractivity contribution in [3.05, 3.63) is 22.7 Å². The van der Waals surface area contributed by atoms with Crippen LogP contribution in [0.2, 0.25) is 5.02 Å². The van der Waals surface area contributed by atoms with Gasteiger partial charge in [0.2, 0.25) is 0 Å². The molecule has 0 aliphatic rings. The van der Waals surface area contributed by atoms with Gasteiger partial charge in [-0.15, -0.1) is 0 Å². The van der Waals surface area contributed by atoms with Gasteiger partial charge >= 0.3 is 0 Å². The van der Waals surface area contributed by atoms with E-state index in [4.69, 9.17) is 22.1 Å². The van der Waals surface area contributed by atoms with Crippen molar-refractivity contribution in [2.75, 3.05) is 5.73 Å². The Hall–Kier alpha value is -0.890. The largest absolute Gasteiger partial charge is 0.490 e. The van der Waals surface area contributed by atoms with Gasteiger partial charge in [-0.05, 0) is 31.9 Å². The summed E-state index contributed by atoms with van der Waals surface area (Å²) >= 11 is 5.94. The molecule has 1 rings (SSSR count). The Bertz CT molecular complexity index is 339. The quantitative estimate of drug-likeness (QED) is 0.795. The SMILES string of the molecule is CCCC(C)Oc1cc(Cl)c(N)cc1C. The van der Waals surface area contributed by atoms with Crippen LogP contribution in [0.1, 0.15) is 32.3 Å². The average Bonchev–Trinajstić information content (AvgIpc) is 2.14. The second kappa shape index (κ2) is 5.26. The fourth-order valence-electron chi connectivity index (χ4n) is 1.49. The summed E-state index contributed by atoms with van der Waals surface area (Å²) in [6, 6.07) is 3.63. The number of hydrogen-bond acceptors (Lipinski definition) is 2. The zero-order valence-corrected chi connectivity index (χ0v) is 10.3. The molecule has 0 saturated heterocycles. The van der Waals surface area contributed by atoms with E-state index in [-0.39, 0.29) is 6.10 Å². The molecule has 1 aromatic carbocycles. The van der Waals surface area contributed by atoms with Gasteiger partial charge in [0.05, 0.1) is 16.8 Å². The maximum atomic E-state index is 5.94. The second-order valence-corrected chi connectivity index (χ2v) is 4.26. The summed E-state index contributed by atoms with van der Waals surface area (Å²) in [5, 5.41) is 0.555. The van der Waals surface area contributed by atoms with Crippen LogP contribution in [0.15, 0.2) is 12.1 Å². The molecule has 0 aliphatic heterocycles. The number of aryl methyl sites for hydroxylation is 1. The number of nitrogens with two attached hydrogens (primary N) is 1. The summed E-state index contributed by atoms with van der Waals surface area (Å²) in [5.74, 6) is 0.829. The third-order valence-corrected chi connectivity index (χ3v) is 2.64. The number of hydrogen-bond donors (Lipinski definition) is 1. The maximum Gasteiger partial charge on any atom is 0.124 e. The Labute approximate surface area is 96.4 Å². The van der Waals surface area contributed by atoms with Crippen LogP contribution in [0.25, 0.3) is 0 Å². The predicted molar refractivity (Wildman–Crippen MR) is 65.6 cm³/mol. The number of benzene rings is 1. The highest BCUT2D eigenvalue weighted by Gasteiger charge is 2.08. The number of nitrogen functional groups attached to an aromatic ring is 1. The molecule has 0 aromatic heterocycles. The van der Waals surface area contributed by atoms with E-state index in [1.54, 1.807) is 6.07 Å². The van der Waals surface area contributed by atoms with E-state index in [2.05, 4.69) is 13.8 Å². The summed E-state index contributed by atoms with van der Waals surface area (Å²) in [7, 11) is 0. The molecule has 0 saturated carbocycles. The zero-order valence-electron chi connectivity index (χ0n) is 9.51. The van der Waals surface area contributed by atoms with Gasteiger partial charge in [-0.25, -0.2) is 0 Å². The molecule has 1 atom stereocenters. The highest BCUT2D eigenvalue weighted by Crippen LogP contribution is 2.29. The van der Waals surface area contributed by atoms with Gasteiger partial charge < -0.3 is 10.5 Å². The molecule has 3 heteroatoms. The highest BCUT2D eigenvalue weighted by molar-refractivity contribution is 6.33. The zero-order chi connectivity index (χ0) is 11.4. The van der Waals surface area contributed by atoms with Crippen molar-refractivity contribution in [2.45, 2.75) is 39.7 Å². The van der Waals surface area contributed by atoms with Gasteiger partial charge in [0.15, 0.2) is 0 Å². The van der Waals surface area contributed by atoms with Gasteiger partial charge in [0, 0.05) is 6.07 Å². The van der Waals surface area contributed by atoms with E-state index < -0.39 is 0 Å². The van der Waals surface area contributed by atoms with Gasteiger partial charge in [-0.3, -0.25) is 0 Å². The summed E-state index contributed by atoms with van der Waals surface area (Å²) in [4.78, 5) is 0. The van der Waals surface area contributed by atoms with Crippen LogP contribution in [0, 0.1) is 6.92 Å². The van der Waals surface area contributed by atoms with Crippen molar-refractivity contribution in [3.63, 3.8) is 0 Å². The van der Waals surface area contributed by atoms with Crippen LogP contribution in [-0.4, -0.2) is 6.10 Å². The summed E-state index contributed by atoms with van der Waals surface area (Å²) in [6.45, 7) is 6.18. The van der Waals surface area contributed by atoms with E-state index in [0.29, 0.717) is 10.7 Å². The maximum absolute atomic E-state index is 5.94. The van der Waals surface area contributed by atoms with Crippen LogP contribution >= 0.6 is 11.6 Å². The van der Waals surface area contributed by atoms with Crippen LogP contribution < -0.4 is 10.5 Å². The van der Waals surface area contributed by atoms with Crippen molar-refractivity contribution < 1.29 is 4.74 Å². The Morgan fingerprint density at radius 1 is 1.47 bits per heavy atom. The lowest BCUT2D eigenvalue weighted by atomic mass is 10.2. The molecule has 0 fully saturated rings. The van der Waals surface area contributed by atoms with E-state index in [0.717, 1.165) is 24.2 Å². The lowest BCUT2D eigenvalue weighted by Gasteiger charge is -2.16. The standard InChI is InChI=1S/C12H18ClNO/c1-4-5-9(3)15-12-7-10(13)11(14)6-8(12)2/h6-7,9H,4-5,14H2,1-3H3. The van der Waals surface area contributed by atoms with Crippen LogP contribution in [-0.2, 0) is 0 Å². The second-order valence-electron chi connectivity index (χ2n) is 3.86. The van der Waals surface area contributed by atoms with Crippen LogP contribution in [0.4, 0.5) is 5.69 Å². The fraction of sp³-hybridized carbons (Fsp3) is 0.500. The minimum Gasteiger partial charge on any atom is -0.490 e. The third kappa shape index (κ3) is 3.31. The Balaban J connectivity index is 2.81. The predicted octanol–water partition coefficient (Wildman–Crippen LogP) is 3.80. The van der Waals surface area contributed by atoms with Crippen molar-refractivity contribution in [3.8, 4) is 5.75 Å². The Kier molecular flexibility index (Phi) is 4.28. The molecule has 1 aromatic rings. The molecule has 2 nitrogen and oxygen atoms in total. The molecule has 1 unspecified atom stereocenters. The van der Waals surface area contributed by atoms with Crippen LogP contribution in [0.5, 0.6) is 5.75 Å². The smallest absolute Gasteiger partial charge is 0.124 e. The summed E-state index contributed by atoms with van der Waals surface area (Å²) in [6.07, 6.45) is 2.37. The highest BCUT2D eigenvalue weighted by atomic mass is 35.5. The summed E-state index contributed by atoms with van der Waals surface area (Å²) in [5.41, 5.74) is 7.32. The number of anilines is 1. The molecule has 0 spiro atoms. The van der Waals surface area contributed by atoms with E-state index in [1.165, 1.54) is 0 Å². The summed E-state index contributed by atoms with van der Waals surface area (Å²) < 4.78 is 5.78. The molecule has 0 radical (unpaired) electrons. The molecule has 0 bridgehead atoms. The average molecular weight is 228 g/mol. The van der Waals surface area contributed by atoms with Crippen molar-refractivity contribution in [2.24, 2.45) is 0 Å². The number of halogens is 1. The number of ether oxygens (including phenoxy) is 1. The molecule has 15 heavy (non-hydrogen) atoms. The van der Waals surface area contributed by atoms with Gasteiger partial charge in [0.25, 0.3) is 0 Å². The molecule has 2 N–H and O–H groups in total. The lowest BCUT2D eigenvalue weighted by molar-refractivity contribution is 0.208. The fourth-order valence-corrected chi connectivity index (χ4v) is 1.65. The first-order valence-corrected chi connectivity index (χ1v) is 5.64. The number of rotatable bonds is 4. The first-order valence-electron chi connectivity index (χ1n) is 5.26. The lowest BCUT2D eigenvalue weighted by Crippen LogP contribution is -2.11. The Morgan fingerprint density at radius 2 is 2.13 bits per heavy atom. The molecule has 0 aliphatic carbocycles. The van der Waals surface area contributed by atoms with Crippen molar-refractivity contribution in [1.29, 1.82) is 0 Å². The third-order valence-electron chi connectivity index (χ3n) is 2.32. The van der Waals surface area contributed by atoms with E-state index in [9.17, 15) is 0 Å². The minimum atomic E-state index is 0.216. The molecular weight excluding hydrogens is 210 g/mol. The monoisotopic (exact) mass is 227 g/mol. The molecule has 0 amide bonds. The van der Waals surface area contributed by atoms with Crippen LogP contribution in [0.3, 0.4) is 0 Å². The molecule has 84 valence electrons. The minimum absolute atomic E-state index is 0.216. The van der Waals surface area contributed by atoms with Gasteiger partial charge in [-0.1, -0.05) is 24.9 Å². The van der Waals surface area contributed by atoms with Gasteiger partial charge in [-0.2, -0.15) is 0 Å². The Morgan fingerprint density at radius 3 is 2.73 bits per heavy atom. The molecule has 0 heterocycles. The van der Waals surface area contributed by atoms with Crippen molar-refractivity contribution in [1.82, 2.24) is 0 Å². The van der Waals surface area contributed by atoms with E-state index in [1.807, 2.05) is 13.0 Å². The van der Waals surface area contributed by atoms with E-state index >= 15 is 0 Å². The normalized spacial score (nSPS) is 12.5. The molecular formula is C12H18ClNO. The first-order chi connectivity index (χ1) is 7.04. The van der Waals surface area contributed by atoms with Gasteiger partial charge in [0.1, 0.15) is 5.75 Å².